The van der Waals surface area contributed by atoms with Gasteiger partial charge in [0.15, 0.2) is 4.30 Å². The third kappa shape index (κ3) is 21.7. The van der Waals surface area contributed by atoms with Gasteiger partial charge in [-0.3, -0.25) is 0 Å². The summed E-state index contributed by atoms with van der Waals surface area (Å²) in [7, 11) is 0. The van der Waals surface area contributed by atoms with Gasteiger partial charge in [-0.25, -0.2) is 0 Å². The van der Waals surface area contributed by atoms with Crippen molar-refractivity contribution in [2.24, 2.45) is 0 Å². The number of halogens is 16. The summed E-state index contributed by atoms with van der Waals surface area (Å²) in [5, 5.41) is 0. The minimum atomic E-state index is -3.01. The van der Waals surface area contributed by atoms with E-state index in [9.17, 15) is 0 Å². The van der Waals surface area contributed by atoms with Gasteiger partial charge in [0.05, 0.1) is 0 Å². The van der Waals surface area contributed by atoms with E-state index >= 15 is 0 Å². The fourth-order valence-corrected chi connectivity index (χ4v) is 25.4. The summed E-state index contributed by atoms with van der Waals surface area (Å²) in [6, 6.07) is 89.9. The first-order chi connectivity index (χ1) is 39.9. The summed E-state index contributed by atoms with van der Waals surface area (Å²) in [6.45, 7) is 0. The average Bonchev–Trinajstić information content (AvgIpc) is 1.54. The Kier molecular flexibility index (Phi) is 36.0. The molecule has 1 aliphatic heterocycles. The molecule has 0 amide bonds. The maximum Gasteiger partial charge on any atom is 0.180 e. The molecule has 11 aromatic rings. The molecule has 12 rings (SSSR count). The molecule has 1 nitrogen and oxygen atoms in total. The second-order valence-electron chi connectivity index (χ2n) is 17.7. The van der Waals surface area contributed by atoms with Gasteiger partial charge in [0.2, 0.25) is 0 Å². The van der Waals surface area contributed by atoms with Gasteiger partial charge >= 0.3 is 180 Å². The number of fused-ring (bicyclic) bond motifs is 3. The van der Waals surface area contributed by atoms with Crippen molar-refractivity contribution < 1.29 is 0 Å². The molecule has 0 saturated carbocycles. The summed E-state index contributed by atoms with van der Waals surface area (Å²) in [5.74, 6) is 0. The zero-order valence-electron chi connectivity index (χ0n) is 44.1. The van der Waals surface area contributed by atoms with Gasteiger partial charge in [-0.05, 0) is 228 Å². The largest absolute Gasteiger partial charge is 0.344 e. The van der Waals surface area contributed by atoms with E-state index in [1.165, 1.54) is 76.4 Å². The van der Waals surface area contributed by atoms with E-state index in [4.69, 9.17) is 34.8 Å². The number of hydrogen-bond donors (Lipinski definition) is 1. The summed E-state index contributed by atoms with van der Waals surface area (Å²) >= 11 is 49.1. The molecule has 0 bridgehead atoms. The molecular formula is C68H51Br8Cl4GeI4N. The molecule has 11 aromatic carbocycles. The zero-order valence-corrected chi connectivity index (χ0v) is 70.6. The van der Waals surface area contributed by atoms with Gasteiger partial charge in [0.1, 0.15) is 0 Å². The second kappa shape index (κ2) is 39.5. The fourth-order valence-electron chi connectivity index (χ4n) is 9.01. The van der Waals surface area contributed by atoms with Gasteiger partial charge < -0.3 is 6.15 Å². The molecule has 0 aromatic heterocycles. The molecule has 1 heterocycles. The summed E-state index contributed by atoms with van der Waals surface area (Å²) < 4.78 is 19.3. The van der Waals surface area contributed by atoms with E-state index < -0.39 is 17.6 Å². The number of hydrogen-bond acceptors (Lipinski definition) is 1. The van der Waals surface area contributed by atoms with Gasteiger partial charge in [0.25, 0.3) is 0 Å². The van der Waals surface area contributed by atoms with Crippen LogP contribution >= 0.6 is 265 Å². The van der Waals surface area contributed by atoms with Crippen molar-refractivity contribution >= 4 is 296 Å². The third-order valence-electron chi connectivity index (χ3n) is 12.5. The van der Waals surface area contributed by atoms with E-state index in [-0.39, 0.29) is 26.0 Å². The smallest absolute Gasteiger partial charge is 0.180 e. The molecule has 0 unspecified atom stereocenters. The van der Waals surface area contributed by atoms with E-state index in [2.05, 4.69) is 424 Å². The van der Waals surface area contributed by atoms with Gasteiger partial charge in [-0.1, -0.05) is 191 Å². The minimum Gasteiger partial charge on any atom is -0.344 e. The summed E-state index contributed by atoms with van der Waals surface area (Å²) in [4.78, 5) is 0. The molecule has 0 saturated heterocycles. The first-order valence-electron chi connectivity index (χ1n) is 24.8. The van der Waals surface area contributed by atoms with Crippen LogP contribution in [0.2, 0.25) is 0 Å². The van der Waals surface area contributed by atoms with Crippen molar-refractivity contribution in [1.82, 2.24) is 6.15 Å². The van der Waals surface area contributed by atoms with Crippen molar-refractivity contribution in [1.29, 1.82) is 0 Å². The molecule has 1 aliphatic rings. The van der Waals surface area contributed by atoms with Crippen molar-refractivity contribution in [2.75, 3.05) is 0 Å². The Morgan fingerprint density at radius 1 is 0.279 bits per heavy atom. The Bertz CT molecular complexity index is 3610. The maximum atomic E-state index is 4.81. The van der Waals surface area contributed by atoms with E-state index in [0.717, 1.165) is 35.8 Å². The van der Waals surface area contributed by atoms with Gasteiger partial charge in [0, 0.05) is 41.1 Å². The van der Waals surface area contributed by atoms with Crippen LogP contribution in [0.4, 0.5) is 0 Å². The van der Waals surface area contributed by atoms with Crippen molar-refractivity contribution in [3.05, 3.63) is 305 Å². The minimum absolute atomic E-state index is 0. The standard InChI is InChI=1S/C24H16Br2Ge.C12H6Br2I2.C12H8Br2.C12H8I2.C6H4Br2.CHCl3.CH4.ClH.H3N/c25-17-11-13-23-21(15-17)22-16-18(26)12-14-24(22)27(23,19-7-3-1-4-8-19)20-9-5-2-6-10-20;13-7-1-3-11(15)9(5-7)10-6-8(14)2-4-12(10)16;2*13-11-7-3-1-5-9(11)10-6-2-4-8-12(10)14;7-5-3-1-2-4-6(5)8;2-1(3)4;;;/h1-16H;1-6H;2*1-8H;1-4H;1H;1H4;1H;1H3. The molecule has 444 valence electrons. The Hall–Kier alpha value is -0.157. The van der Waals surface area contributed by atoms with Crippen LogP contribution in [0.1, 0.15) is 7.43 Å². The third-order valence-corrected chi connectivity index (χ3v) is 31.8. The maximum absolute atomic E-state index is 4.81. The molecule has 0 fully saturated rings. The summed E-state index contributed by atoms with van der Waals surface area (Å²) in [5.41, 5.74) is 10.3. The van der Waals surface area contributed by atoms with Crippen molar-refractivity contribution in [2.45, 2.75) is 11.7 Å². The first-order valence-corrected chi connectivity index (χ1v) is 41.0. The van der Waals surface area contributed by atoms with E-state index in [0.29, 0.717) is 0 Å². The van der Waals surface area contributed by atoms with Crippen LogP contribution in [-0.4, -0.2) is 17.6 Å². The molecular weight excluding hydrogens is 2190 g/mol. The molecule has 0 spiro atoms. The molecule has 0 aliphatic carbocycles. The Balaban J connectivity index is 0.000000236. The predicted octanol–water partition coefficient (Wildman–Crippen LogP) is 26.5. The van der Waals surface area contributed by atoms with Crippen molar-refractivity contribution in [3.8, 4) is 44.5 Å². The normalized spacial score (nSPS) is 10.9. The molecule has 18 heteroatoms. The molecule has 0 atom stereocenters. The molecule has 0 radical (unpaired) electrons. The first kappa shape index (κ1) is 78.3. The number of alkyl halides is 3. The van der Waals surface area contributed by atoms with Crippen LogP contribution in [0.3, 0.4) is 0 Å². The molecule has 86 heavy (non-hydrogen) atoms. The van der Waals surface area contributed by atoms with Crippen molar-refractivity contribution in [3.63, 3.8) is 0 Å². The van der Waals surface area contributed by atoms with Crippen LogP contribution in [-0.2, 0) is 0 Å². The van der Waals surface area contributed by atoms with Crippen LogP contribution in [0, 0.1) is 14.3 Å². The quantitative estimate of drug-likeness (QED) is 0.104. The number of benzene rings is 11. The molecule has 3 N–H and O–H groups in total. The van der Waals surface area contributed by atoms with Gasteiger partial charge in [-0.2, -0.15) is 0 Å². The zero-order chi connectivity index (χ0) is 59.6. The Morgan fingerprint density at radius 2 is 0.523 bits per heavy atom. The van der Waals surface area contributed by atoms with Crippen LogP contribution in [0.25, 0.3) is 44.5 Å². The Morgan fingerprint density at radius 3 is 0.826 bits per heavy atom. The summed E-state index contributed by atoms with van der Waals surface area (Å²) in [6.07, 6.45) is 0. The van der Waals surface area contributed by atoms with Crippen LogP contribution in [0.15, 0.2) is 291 Å². The van der Waals surface area contributed by atoms with E-state index in [1.807, 2.05) is 48.5 Å². The van der Waals surface area contributed by atoms with E-state index in [1.54, 1.807) is 0 Å². The monoisotopic (exact) mass is 2230 g/mol. The topological polar surface area (TPSA) is 35.0 Å². The SMILES string of the molecule is Brc1cc[c]2c(c1)-c1cc(Br)cc[c]1[Ge]2([c]1ccccc1)[c]1ccccc1.Brc1ccc(I)c(-c2cc(Br)ccc2I)c1.Brc1ccccc1-c1ccccc1Br.Brc1ccccc1Br.C.Cl.ClC(Cl)Cl.Ic1ccccc1-c1ccccc1I.N. The number of rotatable bonds is 5. The van der Waals surface area contributed by atoms with Crippen LogP contribution in [0.5, 0.6) is 0 Å². The predicted molar refractivity (Wildman–Crippen MR) is 444 cm³/mol. The van der Waals surface area contributed by atoms with Gasteiger partial charge in [-0.15, -0.1) is 12.4 Å². The van der Waals surface area contributed by atoms with Crippen LogP contribution < -0.4 is 23.7 Å². The second-order valence-corrected chi connectivity index (χ2v) is 39.2. The average molecular weight is 2240 g/mol. The Labute approximate surface area is 652 Å². The fraction of sp³-hybridized carbons (Fsp3) is 0.0294.